The highest BCUT2D eigenvalue weighted by molar-refractivity contribution is 7.46. The Bertz CT molecular complexity index is 478. The molecule has 1 rings (SSSR count). The number of likely N-dealkylation sites (N-methyl/N-ethyl adjacent to an activating group) is 1. The third kappa shape index (κ3) is 8.03. The lowest BCUT2D eigenvalue weighted by molar-refractivity contribution is 0.0819. The smallest absolute Gasteiger partial charge is 0.325 e. The van der Waals surface area contributed by atoms with Gasteiger partial charge in [0.1, 0.15) is 0 Å². The molecular weight excluding hydrogens is 303 g/mol. The first kappa shape index (κ1) is 19.3. The molecule has 0 radical (unpaired) electrons. The van der Waals surface area contributed by atoms with Crippen LogP contribution in [-0.2, 0) is 15.5 Å². The summed E-state index contributed by atoms with van der Waals surface area (Å²) in [4.78, 5) is 20.2. The largest absolute Gasteiger partial charge is 0.469 e. The average molecular weight is 330 g/mol. The van der Waals surface area contributed by atoms with Crippen LogP contribution in [0, 0.1) is 5.92 Å². The van der Waals surface area contributed by atoms with Gasteiger partial charge in [-0.3, -0.25) is 4.52 Å². The molecule has 0 saturated heterocycles. The van der Waals surface area contributed by atoms with Crippen molar-refractivity contribution in [2.75, 3.05) is 20.1 Å². The summed E-state index contributed by atoms with van der Waals surface area (Å²) in [5.74, 6) is 0.450. The Balaban J connectivity index is 2.73. The van der Waals surface area contributed by atoms with Crippen molar-refractivity contribution in [3.63, 3.8) is 0 Å². The van der Waals surface area contributed by atoms with Crippen LogP contribution in [0.1, 0.15) is 19.4 Å². The molecule has 0 fully saturated rings. The lowest BCUT2D eigenvalue weighted by Gasteiger charge is -2.29. The van der Waals surface area contributed by atoms with Gasteiger partial charge in [-0.25, -0.2) is 4.57 Å². The predicted molar refractivity (Wildman–Crippen MR) is 87.4 cm³/mol. The van der Waals surface area contributed by atoms with Gasteiger partial charge >= 0.3 is 7.82 Å². The Morgan fingerprint density at radius 3 is 2.32 bits per heavy atom. The first-order chi connectivity index (χ1) is 10.2. The van der Waals surface area contributed by atoms with Gasteiger partial charge in [0, 0.05) is 19.1 Å². The summed E-state index contributed by atoms with van der Waals surface area (Å²) < 4.78 is 16.1. The van der Waals surface area contributed by atoms with Gasteiger partial charge in [0.15, 0.2) is 0 Å². The van der Waals surface area contributed by atoms with Gasteiger partial charge in [-0.15, -0.1) is 0 Å². The van der Waals surface area contributed by atoms with Crippen LogP contribution in [0.2, 0.25) is 0 Å². The number of phosphoric ester groups is 1. The topological polar surface area (TPSA) is 96.0 Å². The van der Waals surface area contributed by atoms with Crippen molar-refractivity contribution in [1.29, 1.82) is 0 Å². The van der Waals surface area contributed by atoms with Gasteiger partial charge in [0.25, 0.3) is 0 Å². The second-order valence-electron chi connectivity index (χ2n) is 6.10. The monoisotopic (exact) mass is 330 g/mol. The summed E-state index contributed by atoms with van der Waals surface area (Å²) in [5.41, 5.74) is 7.16. The summed E-state index contributed by atoms with van der Waals surface area (Å²) >= 11 is 0. The Labute approximate surface area is 132 Å². The molecule has 22 heavy (non-hydrogen) atoms. The van der Waals surface area contributed by atoms with Crippen molar-refractivity contribution in [3.8, 4) is 0 Å². The average Bonchev–Trinajstić information content (AvgIpc) is 2.36. The van der Waals surface area contributed by atoms with Gasteiger partial charge in [-0.05, 0) is 24.9 Å². The molecule has 0 bridgehead atoms. The fraction of sp³-hybridized carbons (Fsp3) is 0.600. The molecule has 0 heterocycles. The molecule has 0 aliphatic carbocycles. The van der Waals surface area contributed by atoms with E-state index >= 15 is 0 Å². The van der Waals surface area contributed by atoms with Crippen LogP contribution < -0.4 is 5.73 Å². The minimum atomic E-state index is -4.58. The van der Waals surface area contributed by atoms with Crippen LogP contribution >= 0.6 is 7.82 Å². The number of nitrogens with two attached hydrogens (primary N) is 1. The Morgan fingerprint density at radius 2 is 1.82 bits per heavy atom. The zero-order chi connectivity index (χ0) is 16.8. The molecule has 0 aliphatic heterocycles. The molecule has 0 saturated carbocycles. The summed E-state index contributed by atoms with van der Waals surface area (Å²) in [6.07, 6.45) is -0.231. The first-order valence-electron chi connectivity index (χ1n) is 7.39. The van der Waals surface area contributed by atoms with Crippen molar-refractivity contribution >= 4 is 7.82 Å². The fourth-order valence-corrected chi connectivity index (χ4v) is 3.02. The summed E-state index contributed by atoms with van der Waals surface area (Å²) in [6.45, 7) is 5.34. The van der Waals surface area contributed by atoms with Gasteiger partial charge in [-0.1, -0.05) is 44.2 Å². The van der Waals surface area contributed by atoms with Crippen LogP contribution in [0.4, 0.5) is 0 Å². The van der Waals surface area contributed by atoms with E-state index in [1.54, 1.807) is 0 Å². The Kier molecular flexibility index (Phi) is 7.69. The molecule has 0 amide bonds. The molecule has 1 aromatic carbocycles. The van der Waals surface area contributed by atoms with Crippen LogP contribution in [0.15, 0.2) is 30.3 Å². The molecule has 2 atom stereocenters. The second-order valence-corrected chi connectivity index (χ2v) is 7.30. The molecule has 4 N–H and O–H groups in total. The van der Waals surface area contributed by atoms with Gasteiger partial charge < -0.3 is 20.4 Å². The summed E-state index contributed by atoms with van der Waals surface area (Å²) in [6, 6.07) is 9.11. The van der Waals surface area contributed by atoms with E-state index in [2.05, 4.69) is 13.8 Å². The lowest BCUT2D eigenvalue weighted by Crippen LogP contribution is -2.45. The molecule has 7 heteroatoms. The first-order valence-corrected chi connectivity index (χ1v) is 8.92. The van der Waals surface area contributed by atoms with E-state index in [1.165, 1.54) is 0 Å². The molecule has 6 nitrogen and oxygen atoms in total. The maximum Gasteiger partial charge on any atom is 0.469 e. The molecule has 126 valence electrons. The Morgan fingerprint density at radius 1 is 1.23 bits per heavy atom. The van der Waals surface area contributed by atoms with E-state index in [0.29, 0.717) is 18.9 Å². The maximum atomic E-state index is 11.2. The van der Waals surface area contributed by atoms with Gasteiger partial charge in [0.2, 0.25) is 0 Å². The predicted octanol–water partition coefficient (Wildman–Crippen LogP) is 1.62. The highest BCUT2D eigenvalue weighted by Crippen LogP contribution is 2.38. The quantitative estimate of drug-likeness (QED) is 0.596. The van der Waals surface area contributed by atoms with E-state index in [1.807, 2.05) is 42.3 Å². The second kappa shape index (κ2) is 8.77. The van der Waals surface area contributed by atoms with E-state index in [-0.39, 0.29) is 0 Å². The third-order valence-corrected chi connectivity index (χ3v) is 3.78. The van der Waals surface area contributed by atoms with E-state index in [9.17, 15) is 4.57 Å². The SMILES string of the molecule is CC(C)CN(C)C[C@@H](OP(=O)(O)O)[C@@H](N)Cc1ccccc1. The maximum absolute atomic E-state index is 11.2. The molecule has 0 aromatic heterocycles. The van der Waals surface area contributed by atoms with E-state index in [4.69, 9.17) is 20.0 Å². The van der Waals surface area contributed by atoms with Gasteiger partial charge in [0.05, 0.1) is 6.10 Å². The van der Waals surface area contributed by atoms with Crippen molar-refractivity contribution in [1.82, 2.24) is 4.90 Å². The minimum Gasteiger partial charge on any atom is -0.325 e. The van der Waals surface area contributed by atoms with Crippen molar-refractivity contribution in [2.24, 2.45) is 11.7 Å². The number of nitrogens with zero attached hydrogens (tertiary/aromatic N) is 1. The normalized spacial score (nSPS) is 15.3. The third-order valence-electron chi connectivity index (χ3n) is 3.23. The van der Waals surface area contributed by atoms with E-state index < -0.39 is 20.0 Å². The summed E-state index contributed by atoms with van der Waals surface area (Å²) in [5, 5.41) is 0. The standard InChI is InChI=1S/C15H27N2O4P/c1-12(2)10-17(3)11-15(21-22(18,19)20)14(16)9-13-7-5-4-6-8-13/h4-8,12,14-15H,9-11,16H2,1-3H3,(H2,18,19,20)/t14-,15+/m0/s1. The lowest BCUT2D eigenvalue weighted by atomic mass is 10.0. The van der Waals surface area contributed by atoms with Crippen molar-refractivity contribution < 1.29 is 18.9 Å². The van der Waals surface area contributed by atoms with Crippen LogP contribution in [0.3, 0.4) is 0 Å². The van der Waals surface area contributed by atoms with Crippen LogP contribution in [-0.4, -0.2) is 47.0 Å². The highest BCUT2D eigenvalue weighted by atomic mass is 31.2. The number of benzene rings is 1. The number of hydrogen-bond donors (Lipinski definition) is 3. The zero-order valence-electron chi connectivity index (χ0n) is 13.4. The number of rotatable bonds is 9. The zero-order valence-corrected chi connectivity index (χ0v) is 14.3. The van der Waals surface area contributed by atoms with Crippen LogP contribution in [0.5, 0.6) is 0 Å². The molecule has 1 aromatic rings. The molecular formula is C15H27N2O4P. The van der Waals surface area contributed by atoms with Crippen molar-refractivity contribution in [2.45, 2.75) is 32.4 Å². The minimum absolute atomic E-state index is 0.372. The molecule has 0 spiro atoms. The number of phosphoric acid groups is 1. The Hall–Kier alpha value is -0.750. The fourth-order valence-electron chi connectivity index (χ4n) is 2.45. The van der Waals surface area contributed by atoms with Crippen LogP contribution in [0.25, 0.3) is 0 Å². The number of hydrogen-bond acceptors (Lipinski definition) is 4. The van der Waals surface area contributed by atoms with Gasteiger partial charge in [-0.2, -0.15) is 0 Å². The molecule has 0 aliphatic rings. The highest BCUT2D eigenvalue weighted by Gasteiger charge is 2.28. The van der Waals surface area contributed by atoms with Crippen molar-refractivity contribution in [3.05, 3.63) is 35.9 Å². The van der Waals surface area contributed by atoms with E-state index in [0.717, 1.165) is 12.1 Å². The summed E-state index contributed by atoms with van der Waals surface area (Å²) in [7, 11) is -2.68. The molecule has 0 unspecified atom stereocenters.